The molecule has 0 aromatic carbocycles. The lowest BCUT2D eigenvalue weighted by Crippen LogP contribution is -2.60. The summed E-state index contributed by atoms with van der Waals surface area (Å²) in [6.07, 6.45) is 7.15. The van der Waals surface area contributed by atoms with Crippen LogP contribution in [0.3, 0.4) is 0 Å². The zero-order chi connectivity index (χ0) is 8.44. The molecule has 1 heterocycles. The van der Waals surface area contributed by atoms with Crippen molar-refractivity contribution < 1.29 is 0 Å². The van der Waals surface area contributed by atoms with Crippen LogP contribution in [-0.2, 0) is 0 Å². The molecule has 0 radical (unpaired) electrons. The summed E-state index contributed by atoms with van der Waals surface area (Å²) < 4.78 is 0. The van der Waals surface area contributed by atoms with E-state index in [2.05, 4.69) is 17.3 Å². The van der Waals surface area contributed by atoms with Crippen LogP contribution in [0.1, 0.15) is 32.1 Å². The zero-order valence-electron chi connectivity index (χ0n) is 8.10. The molecule has 0 bridgehead atoms. The van der Waals surface area contributed by atoms with Gasteiger partial charge in [-0.05, 0) is 19.9 Å². The molecule has 0 unspecified atom stereocenters. The van der Waals surface area contributed by atoms with E-state index in [-0.39, 0.29) is 0 Å². The molecule has 2 fully saturated rings. The quantitative estimate of drug-likeness (QED) is 0.585. The minimum absolute atomic E-state index is 0.538. The lowest BCUT2D eigenvalue weighted by atomic mass is 9.79. The second-order valence-corrected chi connectivity index (χ2v) is 4.38. The predicted octanol–water partition coefficient (Wildman–Crippen LogP) is 1.22. The van der Waals surface area contributed by atoms with Crippen molar-refractivity contribution in [3.05, 3.63) is 0 Å². The molecule has 0 aromatic heterocycles. The van der Waals surface area contributed by atoms with Crippen LogP contribution in [0.5, 0.6) is 0 Å². The number of piperazine rings is 1. The van der Waals surface area contributed by atoms with Crippen molar-refractivity contribution in [2.24, 2.45) is 0 Å². The maximum atomic E-state index is 3.53. The Labute approximate surface area is 75.3 Å². The third-order valence-electron chi connectivity index (χ3n) is 3.67. The van der Waals surface area contributed by atoms with E-state index in [1.807, 2.05) is 0 Å². The van der Waals surface area contributed by atoms with Gasteiger partial charge in [0.2, 0.25) is 0 Å². The monoisotopic (exact) mass is 168 g/mol. The minimum atomic E-state index is 0.538. The van der Waals surface area contributed by atoms with Crippen LogP contribution < -0.4 is 5.32 Å². The van der Waals surface area contributed by atoms with Crippen LogP contribution in [0.4, 0.5) is 0 Å². The van der Waals surface area contributed by atoms with Gasteiger partial charge in [-0.2, -0.15) is 0 Å². The van der Waals surface area contributed by atoms with Crippen molar-refractivity contribution in [2.45, 2.75) is 37.6 Å². The summed E-state index contributed by atoms with van der Waals surface area (Å²) in [6.45, 7) is 3.64. The average molecular weight is 168 g/mol. The summed E-state index contributed by atoms with van der Waals surface area (Å²) in [5.41, 5.74) is 0.538. The largest absolute Gasteiger partial charge is 0.314 e. The molecule has 2 aliphatic rings. The number of rotatable bonds is 0. The van der Waals surface area contributed by atoms with Crippen LogP contribution in [-0.4, -0.2) is 37.1 Å². The number of hydrogen-bond acceptors (Lipinski definition) is 2. The first kappa shape index (κ1) is 8.52. The van der Waals surface area contributed by atoms with Crippen LogP contribution in [0.25, 0.3) is 0 Å². The van der Waals surface area contributed by atoms with Gasteiger partial charge in [-0.15, -0.1) is 0 Å². The minimum Gasteiger partial charge on any atom is -0.314 e. The smallest absolute Gasteiger partial charge is 0.0331 e. The highest BCUT2D eigenvalue weighted by atomic mass is 15.2. The molecule has 2 rings (SSSR count). The van der Waals surface area contributed by atoms with E-state index in [4.69, 9.17) is 0 Å². The highest BCUT2D eigenvalue weighted by molar-refractivity contribution is 4.96. The molecule has 2 heteroatoms. The fourth-order valence-electron chi connectivity index (χ4n) is 2.71. The fraction of sp³-hybridized carbons (Fsp3) is 1.00. The van der Waals surface area contributed by atoms with Crippen molar-refractivity contribution in [2.75, 3.05) is 26.7 Å². The standard InChI is InChI=1S/C10H20N2/c1-12-8-7-11-9-10(12)5-3-2-4-6-10/h11H,2-9H2,1H3. The topological polar surface area (TPSA) is 15.3 Å². The maximum Gasteiger partial charge on any atom is 0.0331 e. The van der Waals surface area contributed by atoms with Gasteiger partial charge in [-0.1, -0.05) is 19.3 Å². The van der Waals surface area contributed by atoms with E-state index in [0.29, 0.717) is 5.54 Å². The van der Waals surface area contributed by atoms with E-state index in [1.165, 1.54) is 51.7 Å². The number of nitrogens with one attached hydrogen (secondary N) is 1. The lowest BCUT2D eigenvalue weighted by molar-refractivity contribution is 0.0513. The summed E-state index contributed by atoms with van der Waals surface area (Å²) in [4.78, 5) is 2.59. The van der Waals surface area contributed by atoms with E-state index >= 15 is 0 Å². The van der Waals surface area contributed by atoms with Gasteiger partial charge in [0.05, 0.1) is 0 Å². The molecule has 1 spiro atoms. The molecule has 1 saturated heterocycles. The zero-order valence-corrected chi connectivity index (χ0v) is 8.10. The van der Waals surface area contributed by atoms with Crippen LogP contribution in [0, 0.1) is 0 Å². The van der Waals surface area contributed by atoms with Gasteiger partial charge in [0.25, 0.3) is 0 Å². The second-order valence-electron chi connectivity index (χ2n) is 4.38. The van der Waals surface area contributed by atoms with Gasteiger partial charge < -0.3 is 5.32 Å². The Morgan fingerprint density at radius 1 is 1.17 bits per heavy atom. The maximum absolute atomic E-state index is 3.53. The van der Waals surface area contributed by atoms with Gasteiger partial charge in [-0.3, -0.25) is 4.90 Å². The van der Waals surface area contributed by atoms with E-state index in [9.17, 15) is 0 Å². The Kier molecular flexibility index (Phi) is 2.37. The van der Waals surface area contributed by atoms with Crippen LogP contribution >= 0.6 is 0 Å². The molecule has 70 valence electrons. The first-order valence-electron chi connectivity index (χ1n) is 5.25. The van der Waals surface area contributed by atoms with Crippen molar-refractivity contribution in [3.8, 4) is 0 Å². The Morgan fingerprint density at radius 3 is 2.58 bits per heavy atom. The molecule has 0 atom stereocenters. The molecule has 1 saturated carbocycles. The molecule has 0 aromatic rings. The van der Waals surface area contributed by atoms with Crippen LogP contribution in [0.2, 0.25) is 0 Å². The predicted molar refractivity (Wildman–Crippen MR) is 51.3 cm³/mol. The summed E-state index contributed by atoms with van der Waals surface area (Å²) in [5, 5.41) is 3.53. The average Bonchev–Trinajstić information content (AvgIpc) is 2.12. The highest BCUT2D eigenvalue weighted by Crippen LogP contribution is 2.33. The highest BCUT2D eigenvalue weighted by Gasteiger charge is 2.37. The first-order chi connectivity index (χ1) is 5.83. The second kappa shape index (κ2) is 3.35. The molecule has 0 amide bonds. The molecule has 12 heavy (non-hydrogen) atoms. The van der Waals surface area contributed by atoms with Gasteiger partial charge in [0.15, 0.2) is 0 Å². The van der Waals surface area contributed by atoms with E-state index in [0.717, 1.165) is 0 Å². The van der Waals surface area contributed by atoms with Gasteiger partial charge in [0.1, 0.15) is 0 Å². The lowest BCUT2D eigenvalue weighted by Gasteiger charge is -2.48. The van der Waals surface area contributed by atoms with Gasteiger partial charge >= 0.3 is 0 Å². The number of hydrogen-bond donors (Lipinski definition) is 1. The van der Waals surface area contributed by atoms with Crippen molar-refractivity contribution in [1.82, 2.24) is 10.2 Å². The van der Waals surface area contributed by atoms with Crippen molar-refractivity contribution >= 4 is 0 Å². The molecule has 1 N–H and O–H groups in total. The summed E-state index contributed by atoms with van der Waals surface area (Å²) in [6, 6.07) is 0. The Balaban J connectivity index is 2.04. The van der Waals surface area contributed by atoms with Crippen molar-refractivity contribution in [1.29, 1.82) is 0 Å². The summed E-state index contributed by atoms with van der Waals surface area (Å²) in [7, 11) is 2.30. The third-order valence-corrected chi connectivity index (χ3v) is 3.67. The van der Waals surface area contributed by atoms with E-state index in [1.54, 1.807) is 0 Å². The first-order valence-corrected chi connectivity index (χ1v) is 5.25. The number of nitrogens with zero attached hydrogens (tertiary/aromatic N) is 1. The summed E-state index contributed by atoms with van der Waals surface area (Å²) >= 11 is 0. The molecular formula is C10H20N2. The van der Waals surface area contributed by atoms with E-state index < -0.39 is 0 Å². The fourth-order valence-corrected chi connectivity index (χ4v) is 2.71. The molecular weight excluding hydrogens is 148 g/mol. The van der Waals surface area contributed by atoms with Crippen molar-refractivity contribution in [3.63, 3.8) is 0 Å². The van der Waals surface area contributed by atoms with Gasteiger partial charge in [-0.25, -0.2) is 0 Å². The normalized spacial score (nSPS) is 30.8. The molecule has 2 nitrogen and oxygen atoms in total. The number of likely N-dealkylation sites (N-methyl/N-ethyl adjacent to an activating group) is 1. The third kappa shape index (κ3) is 1.38. The van der Waals surface area contributed by atoms with Gasteiger partial charge in [0, 0.05) is 25.2 Å². The molecule has 1 aliphatic carbocycles. The SMILES string of the molecule is CN1CCNCC12CCCCC2. The van der Waals surface area contributed by atoms with Crippen LogP contribution in [0.15, 0.2) is 0 Å². The Morgan fingerprint density at radius 2 is 1.92 bits per heavy atom. The summed E-state index contributed by atoms with van der Waals surface area (Å²) in [5.74, 6) is 0. The Hall–Kier alpha value is -0.0800. The molecule has 1 aliphatic heterocycles. The Bertz CT molecular complexity index is 142.